The second-order valence-electron chi connectivity index (χ2n) is 4.21. The fraction of sp³-hybridized carbons (Fsp3) is 0.364. The van der Waals surface area contributed by atoms with Gasteiger partial charge in [0.2, 0.25) is 0 Å². The molecule has 1 nitrogen and oxygen atoms in total. The summed E-state index contributed by atoms with van der Waals surface area (Å²) in [7, 11) is 0. The van der Waals surface area contributed by atoms with Crippen molar-refractivity contribution in [3.8, 4) is 0 Å². The van der Waals surface area contributed by atoms with Crippen LogP contribution in [-0.4, -0.2) is 5.78 Å². The van der Waals surface area contributed by atoms with Crippen LogP contribution in [0.3, 0.4) is 0 Å². The van der Waals surface area contributed by atoms with E-state index in [2.05, 4.69) is 15.9 Å². The zero-order chi connectivity index (χ0) is 10.9. The van der Waals surface area contributed by atoms with E-state index in [1.807, 2.05) is 20.8 Å². The molecule has 0 heterocycles. The van der Waals surface area contributed by atoms with Gasteiger partial charge in [-0.25, -0.2) is 0 Å². The number of carbonyl (C=O) groups excluding carboxylic acids is 1. The summed E-state index contributed by atoms with van der Waals surface area (Å²) in [4.78, 5) is 11.9. The Morgan fingerprint density at radius 2 is 1.93 bits per heavy atom. The minimum atomic E-state index is -0.364. The van der Waals surface area contributed by atoms with Crippen molar-refractivity contribution in [2.45, 2.75) is 20.8 Å². The molecule has 0 N–H and O–H groups in total. The third-order valence-corrected chi connectivity index (χ3v) is 3.10. The Kier molecular flexibility index (Phi) is 3.38. The molecular weight excluding hydrogens is 263 g/mol. The van der Waals surface area contributed by atoms with Crippen LogP contribution >= 0.6 is 27.5 Å². The maximum Gasteiger partial charge on any atom is 0.168 e. The van der Waals surface area contributed by atoms with Gasteiger partial charge in [-0.1, -0.05) is 38.4 Å². The Morgan fingerprint density at radius 3 is 2.36 bits per heavy atom. The van der Waals surface area contributed by atoms with Gasteiger partial charge in [-0.2, -0.15) is 0 Å². The number of halogens is 2. The summed E-state index contributed by atoms with van der Waals surface area (Å²) < 4.78 is 0.810. The average Bonchev–Trinajstić information content (AvgIpc) is 2.07. The molecule has 1 aromatic carbocycles. The molecule has 3 heteroatoms. The highest BCUT2D eigenvalue weighted by atomic mass is 79.9. The summed E-state index contributed by atoms with van der Waals surface area (Å²) in [5, 5.41) is 0.570. The van der Waals surface area contributed by atoms with Crippen LogP contribution in [0.5, 0.6) is 0 Å². The lowest BCUT2D eigenvalue weighted by atomic mass is 9.87. The first-order valence-electron chi connectivity index (χ1n) is 4.32. The fourth-order valence-electron chi connectivity index (χ4n) is 1.07. The van der Waals surface area contributed by atoms with Gasteiger partial charge < -0.3 is 0 Å². The number of rotatable bonds is 1. The summed E-state index contributed by atoms with van der Waals surface area (Å²) in [6, 6.07) is 5.27. The fourth-order valence-corrected chi connectivity index (χ4v) is 1.50. The molecule has 0 atom stereocenters. The molecule has 0 aliphatic heterocycles. The Hall–Kier alpha value is -0.340. The van der Waals surface area contributed by atoms with Crippen molar-refractivity contribution < 1.29 is 4.79 Å². The number of hydrogen-bond acceptors (Lipinski definition) is 1. The van der Waals surface area contributed by atoms with Crippen LogP contribution in [0, 0.1) is 5.41 Å². The summed E-state index contributed by atoms with van der Waals surface area (Å²) in [6.45, 7) is 5.68. The minimum absolute atomic E-state index is 0.104. The number of benzene rings is 1. The predicted molar refractivity (Wildman–Crippen MR) is 62.9 cm³/mol. The highest BCUT2D eigenvalue weighted by Crippen LogP contribution is 2.27. The minimum Gasteiger partial charge on any atom is -0.294 e. The van der Waals surface area contributed by atoms with Gasteiger partial charge in [-0.15, -0.1) is 0 Å². The smallest absolute Gasteiger partial charge is 0.168 e. The second kappa shape index (κ2) is 4.03. The molecule has 0 bridgehead atoms. The molecule has 0 aliphatic carbocycles. The van der Waals surface area contributed by atoms with Crippen molar-refractivity contribution in [2.75, 3.05) is 0 Å². The second-order valence-corrected chi connectivity index (χ2v) is 5.47. The Labute approximate surface area is 97.6 Å². The normalized spacial score (nSPS) is 11.5. The van der Waals surface area contributed by atoms with E-state index in [-0.39, 0.29) is 11.2 Å². The maximum atomic E-state index is 11.9. The van der Waals surface area contributed by atoms with Crippen molar-refractivity contribution in [3.05, 3.63) is 33.3 Å². The molecule has 0 spiro atoms. The van der Waals surface area contributed by atoms with Gasteiger partial charge in [0.05, 0.1) is 5.02 Å². The van der Waals surface area contributed by atoms with Crippen LogP contribution in [0.4, 0.5) is 0 Å². The van der Waals surface area contributed by atoms with Gasteiger partial charge in [-0.3, -0.25) is 4.79 Å². The number of hydrogen-bond donors (Lipinski definition) is 0. The molecule has 0 fully saturated rings. The molecular formula is C11H12BrClO. The highest BCUT2D eigenvalue weighted by Gasteiger charge is 2.23. The molecule has 0 unspecified atom stereocenters. The molecule has 0 amide bonds. The quantitative estimate of drug-likeness (QED) is 0.697. The average molecular weight is 276 g/mol. The lowest BCUT2D eigenvalue weighted by Gasteiger charge is -2.16. The molecule has 14 heavy (non-hydrogen) atoms. The summed E-state index contributed by atoms with van der Waals surface area (Å²) in [5.41, 5.74) is 0.294. The van der Waals surface area contributed by atoms with Gasteiger partial charge in [0.1, 0.15) is 0 Å². The number of ketones is 1. The standard InChI is InChI=1S/C11H12BrClO/c1-11(2,3)10(14)7-4-5-8(12)9(13)6-7/h4-6H,1-3H3. The van der Waals surface area contributed by atoms with Crippen LogP contribution < -0.4 is 0 Å². The van der Waals surface area contributed by atoms with Gasteiger partial charge in [-0.05, 0) is 28.1 Å². The van der Waals surface area contributed by atoms with E-state index in [0.29, 0.717) is 10.6 Å². The molecule has 0 saturated heterocycles. The molecule has 1 rings (SSSR count). The Balaban J connectivity index is 3.10. The Bertz CT molecular complexity index is 366. The molecule has 0 radical (unpaired) electrons. The van der Waals surface area contributed by atoms with E-state index in [9.17, 15) is 4.79 Å². The van der Waals surface area contributed by atoms with Crippen LogP contribution in [0.15, 0.2) is 22.7 Å². The van der Waals surface area contributed by atoms with Crippen molar-refractivity contribution in [1.29, 1.82) is 0 Å². The van der Waals surface area contributed by atoms with Crippen molar-refractivity contribution in [1.82, 2.24) is 0 Å². The van der Waals surface area contributed by atoms with E-state index in [1.165, 1.54) is 0 Å². The van der Waals surface area contributed by atoms with Gasteiger partial charge in [0, 0.05) is 15.5 Å². The lowest BCUT2D eigenvalue weighted by Crippen LogP contribution is -2.20. The SMILES string of the molecule is CC(C)(C)C(=O)c1ccc(Br)c(Cl)c1. The first-order valence-corrected chi connectivity index (χ1v) is 5.49. The van der Waals surface area contributed by atoms with Crippen LogP contribution in [0.2, 0.25) is 5.02 Å². The first kappa shape index (κ1) is 11.7. The molecule has 0 aliphatic rings. The first-order chi connectivity index (χ1) is 6.32. The molecule has 0 aromatic heterocycles. The maximum absolute atomic E-state index is 11.9. The summed E-state index contributed by atoms with van der Waals surface area (Å²) in [5.74, 6) is 0.104. The molecule has 1 aromatic rings. The Morgan fingerprint density at radius 1 is 1.36 bits per heavy atom. The summed E-state index contributed by atoms with van der Waals surface area (Å²) >= 11 is 9.19. The number of Topliss-reactive ketones (excluding diaryl/α,β-unsaturated/α-hetero) is 1. The third-order valence-electron chi connectivity index (χ3n) is 1.86. The van der Waals surface area contributed by atoms with Crippen molar-refractivity contribution in [2.24, 2.45) is 5.41 Å². The van der Waals surface area contributed by atoms with Crippen LogP contribution in [0.25, 0.3) is 0 Å². The predicted octanol–water partition coefficient (Wildman–Crippen LogP) is 4.33. The van der Waals surface area contributed by atoms with Gasteiger partial charge in [0.15, 0.2) is 5.78 Å². The third kappa shape index (κ3) is 2.58. The van der Waals surface area contributed by atoms with E-state index < -0.39 is 0 Å². The zero-order valence-corrected chi connectivity index (χ0v) is 10.7. The molecule has 76 valence electrons. The highest BCUT2D eigenvalue weighted by molar-refractivity contribution is 9.10. The van der Waals surface area contributed by atoms with E-state index >= 15 is 0 Å². The molecule has 0 saturated carbocycles. The van der Waals surface area contributed by atoms with Crippen LogP contribution in [-0.2, 0) is 0 Å². The lowest BCUT2D eigenvalue weighted by molar-refractivity contribution is 0.0858. The summed E-state index contributed by atoms with van der Waals surface area (Å²) in [6.07, 6.45) is 0. The van der Waals surface area contributed by atoms with E-state index in [1.54, 1.807) is 18.2 Å². The van der Waals surface area contributed by atoms with Crippen LogP contribution in [0.1, 0.15) is 31.1 Å². The zero-order valence-electron chi connectivity index (χ0n) is 8.40. The monoisotopic (exact) mass is 274 g/mol. The van der Waals surface area contributed by atoms with E-state index in [0.717, 1.165) is 4.47 Å². The largest absolute Gasteiger partial charge is 0.294 e. The van der Waals surface area contributed by atoms with E-state index in [4.69, 9.17) is 11.6 Å². The van der Waals surface area contributed by atoms with Gasteiger partial charge in [0.25, 0.3) is 0 Å². The topological polar surface area (TPSA) is 17.1 Å². The van der Waals surface area contributed by atoms with Gasteiger partial charge >= 0.3 is 0 Å². The van der Waals surface area contributed by atoms with Crippen molar-refractivity contribution in [3.63, 3.8) is 0 Å². The number of carbonyl (C=O) groups is 1. The van der Waals surface area contributed by atoms with Crippen molar-refractivity contribution >= 4 is 33.3 Å².